The molecule has 2 aromatic rings. The van der Waals surface area contributed by atoms with Gasteiger partial charge in [-0.15, -0.1) is 11.8 Å². The Kier molecular flexibility index (Phi) is 7.38. The molecule has 7 heteroatoms. The van der Waals surface area contributed by atoms with Crippen molar-refractivity contribution < 1.29 is 13.2 Å². The number of hydrogen-bond donors (Lipinski definition) is 1. The zero-order valence-corrected chi connectivity index (χ0v) is 18.6. The maximum absolute atomic E-state index is 12.6. The van der Waals surface area contributed by atoms with Crippen LogP contribution in [0.25, 0.3) is 0 Å². The maximum atomic E-state index is 12.6. The summed E-state index contributed by atoms with van der Waals surface area (Å²) in [6.07, 6.45) is 3.86. The van der Waals surface area contributed by atoms with Gasteiger partial charge in [0, 0.05) is 5.69 Å². The number of carbonyl (C=O) groups excluding carboxylic acids is 1. The second kappa shape index (κ2) is 9.78. The first-order valence-corrected chi connectivity index (χ1v) is 12.7. The summed E-state index contributed by atoms with van der Waals surface area (Å²) in [6, 6.07) is 16.2. The second-order valence-electron chi connectivity index (χ2n) is 7.21. The number of nitrogens with zero attached hydrogens (tertiary/aromatic N) is 1. The van der Waals surface area contributed by atoms with E-state index in [2.05, 4.69) is 23.8 Å². The van der Waals surface area contributed by atoms with Gasteiger partial charge in [-0.05, 0) is 55.1 Å². The van der Waals surface area contributed by atoms with Gasteiger partial charge >= 0.3 is 0 Å². The number of sulfonamides is 1. The summed E-state index contributed by atoms with van der Waals surface area (Å²) < 4.78 is 25.6. The second-order valence-corrected chi connectivity index (χ2v) is 10.3. The fourth-order valence-electron chi connectivity index (χ4n) is 3.36. The van der Waals surface area contributed by atoms with Gasteiger partial charge in [0.2, 0.25) is 15.9 Å². The van der Waals surface area contributed by atoms with Crippen molar-refractivity contribution >= 4 is 33.4 Å². The highest BCUT2D eigenvalue weighted by Crippen LogP contribution is 2.41. The molecule has 2 aromatic carbocycles. The van der Waals surface area contributed by atoms with Crippen LogP contribution in [0.15, 0.2) is 48.5 Å². The average Bonchev–Trinajstić information content (AvgIpc) is 3.13. The lowest BCUT2D eigenvalue weighted by molar-refractivity contribution is -0.115. The molecule has 1 amide bonds. The molecule has 1 aliphatic rings. The van der Waals surface area contributed by atoms with Gasteiger partial charge in [0.15, 0.2) is 0 Å². The van der Waals surface area contributed by atoms with Crippen molar-refractivity contribution in [2.75, 3.05) is 23.5 Å². The Labute approximate surface area is 177 Å². The Balaban J connectivity index is 1.73. The number of rotatable bonds is 9. The molecule has 1 N–H and O–H groups in total. The Morgan fingerprint density at radius 3 is 2.28 bits per heavy atom. The highest BCUT2D eigenvalue weighted by atomic mass is 32.2. The smallest absolute Gasteiger partial charge is 0.238 e. The standard InChI is InChI=1S/C22H28N2O3S2/c1-3-4-5-17-8-12-20(13-9-17)24-21(25)16-28-22(24)19-10-6-18(7-11-19)14-15-29(26,27)23-2/h6-13,22-23H,3-5,14-16H2,1-2H3. The van der Waals surface area contributed by atoms with Crippen molar-refractivity contribution in [3.63, 3.8) is 0 Å². The highest BCUT2D eigenvalue weighted by Gasteiger charge is 2.33. The van der Waals surface area contributed by atoms with Crippen molar-refractivity contribution in [3.05, 3.63) is 65.2 Å². The molecule has 3 rings (SSSR count). The molecule has 0 radical (unpaired) electrons. The van der Waals surface area contributed by atoms with E-state index in [-0.39, 0.29) is 17.0 Å². The van der Waals surface area contributed by atoms with Crippen molar-refractivity contribution in [1.82, 2.24) is 4.72 Å². The Morgan fingerprint density at radius 1 is 1.03 bits per heavy atom. The maximum Gasteiger partial charge on any atom is 0.238 e. The van der Waals surface area contributed by atoms with Gasteiger partial charge in [0.25, 0.3) is 0 Å². The van der Waals surface area contributed by atoms with Crippen LogP contribution in [-0.4, -0.2) is 32.9 Å². The van der Waals surface area contributed by atoms with Crippen LogP contribution in [-0.2, 0) is 27.7 Å². The molecule has 1 aliphatic heterocycles. The van der Waals surface area contributed by atoms with Crippen LogP contribution in [0.5, 0.6) is 0 Å². The molecule has 156 valence electrons. The van der Waals surface area contributed by atoms with Crippen LogP contribution in [0.4, 0.5) is 5.69 Å². The van der Waals surface area contributed by atoms with Crippen molar-refractivity contribution in [2.24, 2.45) is 0 Å². The number of unbranched alkanes of at least 4 members (excludes halogenated alkanes) is 1. The van der Waals surface area contributed by atoms with E-state index >= 15 is 0 Å². The number of carbonyl (C=O) groups is 1. The predicted octanol–water partition coefficient (Wildman–Crippen LogP) is 3.90. The van der Waals surface area contributed by atoms with Crippen molar-refractivity contribution in [1.29, 1.82) is 0 Å². The summed E-state index contributed by atoms with van der Waals surface area (Å²) in [6.45, 7) is 2.18. The van der Waals surface area contributed by atoms with E-state index in [4.69, 9.17) is 0 Å². The summed E-state index contributed by atoms with van der Waals surface area (Å²) in [5, 5.41) is -0.0564. The molecule has 1 fully saturated rings. The van der Waals surface area contributed by atoms with Gasteiger partial charge in [0.1, 0.15) is 5.37 Å². The summed E-state index contributed by atoms with van der Waals surface area (Å²) in [5.41, 5.74) is 4.24. The molecule has 0 aromatic heterocycles. The van der Waals surface area contributed by atoms with Crippen LogP contribution in [0.2, 0.25) is 0 Å². The molecule has 1 heterocycles. The van der Waals surface area contributed by atoms with Crippen LogP contribution in [0, 0.1) is 0 Å². The fourth-order valence-corrected chi connectivity index (χ4v) is 5.24. The number of nitrogens with one attached hydrogen (secondary N) is 1. The lowest BCUT2D eigenvalue weighted by Gasteiger charge is -2.24. The highest BCUT2D eigenvalue weighted by molar-refractivity contribution is 8.00. The number of hydrogen-bond acceptors (Lipinski definition) is 4. The van der Waals surface area contributed by atoms with Crippen LogP contribution in [0.1, 0.15) is 41.8 Å². The molecular formula is C22H28N2O3S2. The van der Waals surface area contributed by atoms with Crippen LogP contribution >= 0.6 is 11.8 Å². The summed E-state index contributed by atoms with van der Waals surface area (Å²) >= 11 is 1.62. The van der Waals surface area contributed by atoms with E-state index in [9.17, 15) is 13.2 Å². The van der Waals surface area contributed by atoms with Gasteiger partial charge in [0.05, 0.1) is 11.5 Å². The lowest BCUT2D eigenvalue weighted by Crippen LogP contribution is -2.27. The molecule has 0 saturated carbocycles. The third-order valence-corrected chi connectivity index (χ3v) is 7.71. The Bertz CT molecular complexity index is 926. The minimum Gasteiger partial charge on any atom is -0.295 e. The molecular weight excluding hydrogens is 404 g/mol. The Morgan fingerprint density at radius 2 is 1.66 bits per heavy atom. The zero-order valence-electron chi connectivity index (χ0n) is 16.9. The van der Waals surface area contributed by atoms with Crippen LogP contribution < -0.4 is 9.62 Å². The molecule has 0 bridgehead atoms. The fraction of sp³-hybridized carbons (Fsp3) is 0.409. The van der Waals surface area contributed by atoms with Gasteiger partial charge in [-0.3, -0.25) is 9.69 Å². The normalized spacial score (nSPS) is 17.1. The molecule has 1 saturated heterocycles. The molecule has 29 heavy (non-hydrogen) atoms. The van der Waals surface area contributed by atoms with Crippen molar-refractivity contribution in [3.8, 4) is 0 Å². The summed E-state index contributed by atoms with van der Waals surface area (Å²) in [7, 11) is -1.78. The van der Waals surface area contributed by atoms with E-state index in [1.807, 2.05) is 41.3 Å². The van der Waals surface area contributed by atoms with Gasteiger partial charge in [-0.1, -0.05) is 49.7 Å². The molecule has 1 unspecified atom stereocenters. The third-order valence-electron chi connectivity index (χ3n) is 5.14. The average molecular weight is 433 g/mol. The van der Waals surface area contributed by atoms with Crippen molar-refractivity contribution in [2.45, 2.75) is 38.0 Å². The minimum absolute atomic E-state index is 0.0564. The number of thioether (sulfide) groups is 1. The quantitative estimate of drug-likeness (QED) is 0.653. The first-order valence-electron chi connectivity index (χ1n) is 9.96. The van der Waals surface area contributed by atoms with E-state index < -0.39 is 10.0 Å². The number of benzene rings is 2. The molecule has 0 aliphatic carbocycles. The zero-order chi connectivity index (χ0) is 20.9. The SMILES string of the molecule is CCCCc1ccc(N2C(=O)CSC2c2ccc(CCS(=O)(=O)NC)cc2)cc1. The minimum atomic E-state index is -3.21. The molecule has 5 nitrogen and oxygen atoms in total. The first kappa shape index (κ1) is 21.9. The van der Waals surface area contributed by atoms with E-state index in [0.717, 1.165) is 23.2 Å². The van der Waals surface area contributed by atoms with E-state index in [1.54, 1.807) is 11.8 Å². The van der Waals surface area contributed by atoms with Gasteiger partial charge < -0.3 is 0 Å². The van der Waals surface area contributed by atoms with Crippen LogP contribution in [0.3, 0.4) is 0 Å². The van der Waals surface area contributed by atoms with E-state index in [0.29, 0.717) is 12.2 Å². The number of anilines is 1. The lowest BCUT2D eigenvalue weighted by atomic mass is 10.1. The first-order chi connectivity index (χ1) is 13.9. The number of amides is 1. The summed E-state index contributed by atoms with van der Waals surface area (Å²) in [4.78, 5) is 14.4. The van der Waals surface area contributed by atoms with E-state index in [1.165, 1.54) is 25.5 Å². The third kappa shape index (κ3) is 5.62. The Hall–Kier alpha value is -1.83. The monoisotopic (exact) mass is 432 g/mol. The molecule has 1 atom stereocenters. The number of aryl methyl sites for hydroxylation is 2. The molecule has 0 spiro atoms. The van der Waals surface area contributed by atoms with Gasteiger partial charge in [-0.2, -0.15) is 0 Å². The van der Waals surface area contributed by atoms with Gasteiger partial charge in [-0.25, -0.2) is 13.1 Å². The topological polar surface area (TPSA) is 66.5 Å². The largest absolute Gasteiger partial charge is 0.295 e. The predicted molar refractivity (Wildman–Crippen MR) is 121 cm³/mol. The summed E-state index contributed by atoms with van der Waals surface area (Å²) in [5.74, 6) is 0.644.